The average molecular weight is 557 g/mol. The van der Waals surface area contributed by atoms with Gasteiger partial charge in [-0.3, -0.25) is 9.59 Å². The van der Waals surface area contributed by atoms with Gasteiger partial charge >= 0.3 is 11.9 Å². The molecule has 0 aromatic carbocycles. The van der Waals surface area contributed by atoms with Gasteiger partial charge in [-0.1, -0.05) is 119 Å². The number of carboxylic acids is 2. The van der Waals surface area contributed by atoms with Crippen molar-refractivity contribution in [1.82, 2.24) is 0 Å². The molecule has 228 valence electrons. The van der Waals surface area contributed by atoms with Gasteiger partial charge in [0.15, 0.2) is 0 Å². The number of hydrogen-bond donors (Lipinski definition) is 2. The van der Waals surface area contributed by atoms with Gasteiger partial charge in [-0.15, -0.1) is 0 Å². The standard InChI is InChI=1S/C36H60O4/c1-2-3-4-5-6-7-8-9-13-16-19-22-25-28-31-34(36(39)40)32-29-26-23-20-17-14-11-10-12-15-18-21-24-27-30-33-35(37)38/h3-4,6-7,9-10,12-14,17,34H,2,5,8,11,15-16,18-33H2,1H3,(H,37,38)(H,39,40). The minimum absolute atomic E-state index is 0.177. The van der Waals surface area contributed by atoms with Crippen LogP contribution in [0.4, 0.5) is 0 Å². The summed E-state index contributed by atoms with van der Waals surface area (Å²) < 4.78 is 0. The molecule has 0 radical (unpaired) electrons. The van der Waals surface area contributed by atoms with Crippen LogP contribution in [0.5, 0.6) is 0 Å². The number of allylic oxidation sites excluding steroid dienone is 10. The minimum atomic E-state index is -0.690. The van der Waals surface area contributed by atoms with Gasteiger partial charge in [0.25, 0.3) is 0 Å². The summed E-state index contributed by atoms with van der Waals surface area (Å²) in [5.74, 6) is -1.49. The average Bonchev–Trinajstić information content (AvgIpc) is 2.93. The molecular weight excluding hydrogens is 496 g/mol. The first-order valence-corrected chi connectivity index (χ1v) is 16.3. The maximum Gasteiger partial charge on any atom is 0.306 e. The zero-order chi connectivity index (χ0) is 29.4. The largest absolute Gasteiger partial charge is 0.481 e. The van der Waals surface area contributed by atoms with Crippen molar-refractivity contribution < 1.29 is 19.8 Å². The van der Waals surface area contributed by atoms with Gasteiger partial charge in [-0.05, 0) is 83.5 Å². The van der Waals surface area contributed by atoms with Crippen LogP contribution in [-0.2, 0) is 9.59 Å². The summed E-state index contributed by atoms with van der Waals surface area (Å²) in [5, 5.41) is 18.2. The van der Waals surface area contributed by atoms with Crippen molar-refractivity contribution in [2.75, 3.05) is 0 Å². The van der Waals surface area contributed by atoms with E-state index in [9.17, 15) is 14.7 Å². The van der Waals surface area contributed by atoms with E-state index < -0.39 is 11.9 Å². The van der Waals surface area contributed by atoms with E-state index in [2.05, 4.69) is 67.7 Å². The van der Waals surface area contributed by atoms with E-state index in [-0.39, 0.29) is 5.92 Å². The van der Waals surface area contributed by atoms with Gasteiger partial charge in [0.05, 0.1) is 5.92 Å². The Bertz CT molecular complexity index is 729. The lowest BCUT2D eigenvalue weighted by atomic mass is 9.94. The maximum atomic E-state index is 11.6. The van der Waals surface area contributed by atoms with Gasteiger partial charge in [0, 0.05) is 6.42 Å². The second-order valence-corrected chi connectivity index (χ2v) is 10.8. The summed E-state index contributed by atoms with van der Waals surface area (Å²) in [6.45, 7) is 2.15. The van der Waals surface area contributed by atoms with Gasteiger partial charge in [0.2, 0.25) is 0 Å². The third-order valence-corrected chi connectivity index (χ3v) is 7.09. The first-order chi connectivity index (χ1) is 19.6. The minimum Gasteiger partial charge on any atom is -0.481 e. The summed E-state index contributed by atoms with van der Waals surface area (Å²) in [6, 6.07) is 0. The molecule has 40 heavy (non-hydrogen) atoms. The summed E-state index contributed by atoms with van der Waals surface area (Å²) in [6.07, 6.45) is 44.7. The Morgan fingerprint density at radius 1 is 0.500 bits per heavy atom. The summed E-state index contributed by atoms with van der Waals surface area (Å²) in [4.78, 5) is 22.1. The van der Waals surface area contributed by atoms with Crippen molar-refractivity contribution in [3.63, 3.8) is 0 Å². The Balaban J connectivity index is 3.61. The van der Waals surface area contributed by atoms with E-state index in [1.54, 1.807) is 0 Å². The SMILES string of the molecule is CCC=CCC=CCC=CCCCCCCC(CCCCCC=CCC=CCCCCCCCC(=O)O)C(=O)O. The lowest BCUT2D eigenvalue weighted by Gasteiger charge is -2.11. The summed E-state index contributed by atoms with van der Waals surface area (Å²) in [5.41, 5.74) is 0. The Morgan fingerprint density at radius 3 is 1.32 bits per heavy atom. The van der Waals surface area contributed by atoms with Gasteiger partial charge in [-0.25, -0.2) is 0 Å². The summed E-state index contributed by atoms with van der Waals surface area (Å²) in [7, 11) is 0. The monoisotopic (exact) mass is 556 g/mol. The molecule has 2 N–H and O–H groups in total. The third kappa shape index (κ3) is 30.2. The lowest BCUT2D eigenvalue weighted by molar-refractivity contribution is -0.142. The van der Waals surface area contributed by atoms with Crippen molar-refractivity contribution in [1.29, 1.82) is 0 Å². The molecule has 0 rings (SSSR count). The normalized spacial score (nSPS) is 13.1. The fourth-order valence-corrected chi connectivity index (χ4v) is 4.63. The fourth-order valence-electron chi connectivity index (χ4n) is 4.63. The Kier molecular flexibility index (Phi) is 29.3. The van der Waals surface area contributed by atoms with Crippen LogP contribution in [0.3, 0.4) is 0 Å². The number of carboxylic acid groups (broad SMARTS) is 2. The number of aliphatic carboxylic acids is 2. The highest BCUT2D eigenvalue weighted by molar-refractivity contribution is 5.69. The molecule has 0 aliphatic carbocycles. The van der Waals surface area contributed by atoms with Crippen LogP contribution < -0.4 is 0 Å². The maximum absolute atomic E-state index is 11.6. The third-order valence-electron chi connectivity index (χ3n) is 7.09. The molecule has 0 saturated heterocycles. The molecule has 0 aliphatic rings. The molecule has 0 heterocycles. The van der Waals surface area contributed by atoms with E-state index in [0.717, 1.165) is 109 Å². The topological polar surface area (TPSA) is 74.6 Å². The molecule has 0 bridgehead atoms. The Hall–Kier alpha value is -2.36. The van der Waals surface area contributed by atoms with Crippen molar-refractivity contribution in [3.05, 3.63) is 60.8 Å². The number of unbranched alkanes of at least 4 members (excludes halogenated alkanes) is 12. The molecule has 0 saturated carbocycles. The molecule has 4 heteroatoms. The Morgan fingerprint density at radius 2 is 0.875 bits per heavy atom. The highest BCUT2D eigenvalue weighted by atomic mass is 16.4. The van der Waals surface area contributed by atoms with Crippen molar-refractivity contribution >= 4 is 11.9 Å². The van der Waals surface area contributed by atoms with E-state index >= 15 is 0 Å². The van der Waals surface area contributed by atoms with Crippen LogP contribution in [0.1, 0.15) is 148 Å². The molecule has 0 spiro atoms. The first kappa shape index (κ1) is 37.6. The van der Waals surface area contributed by atoms with Crippen LogP contribution in [0, 0.1) is 5.92 Å². The van der Waals surface area contributed by atoms with E-state index in [1.807, 2.05) is 0 Å². The van der Waals surface area contributed by atoms with Crippen LogP contribution in [-0.4, -0.2) is 22.2 Å². The second-order valence-electron chi connectivity index (χ2n) is 10.8. The molecule has 1 atom stereocenters. The molecule has 0 fully saturated rings. The fraction of sp³-hybridized carbons (Fsp3) is 0.667. The number of rotatable bonds is 29. The quantitative estimate of drug-likeness (QED) is 0.0709. The predicted octanol–water partition coefficient (Wildman–Crippen LogP) is 11.2. The molecule has 1 unspecified atom stereocenters. The molecular formula is C36H60O4. The smallest absolute Gasteiger partial charge is 0.306 e. The first-order valence-electron chi connectivity index (χ1n) is 16.3. The number of hydrogen-bond acceptors (Lipinski definition) is 2. The van der Waals surface area contributed by atoms with Crippen molar-refractivity contribution in [3.8, 4) is 0 Å². The van der Waals surface area contributed by atoms with Gasteiger partial charge < -0.3 is 10.2 Å². The zero-order valence-corrected chi connectivity index (χ0v) is 25.6. The van der Waals surface area contributed by atoms with Crippen LogP contribution >= 0.6 is 0 Å². The van der Waals surface area contributed by atoms with E-state index in [1.165, 1.54) is 25.7 Å². The highest BCUT2D eigenvalue weighted by Crippen LogP contribution is 2.19. The molecule has 4 nitrogen and oxygen atoms in total. The lowest BCUT2D eigenvalue weighted by Crippen LogP contribution is -2.13. The van der Waals surface area contributed by atoms with Crippen LogP contribution in [0.2, 0.25) is 0 Å². The predicted molar refractivity (Wildman–Crippen MR) is 172 cm³/mol. The molecule has 0 aliphatic heterocycles. The zero-order valence-electron chi connectivity index (χ0n) is 25.6. The second kappa shape index (κ2) is 31.2. The number of carbonyl (C=O) groups is 2. The van der Waals surface area contributed by atoms with Gasteiger partial charge in [-0.2, -0.15) is 0 Å². The molecule has 0 amide bonds. The Labute approximate surface area is 246 Å². The van der Waals surface area contributed by atoms with E-state index in [0.29, 0.717) is 6.42 Å². The van der Waals surface area contributed by atoms with Crippen LogP contribution in [0.15, 0.2) is 60.8 Å². The molecule has 0 aromatic heterocycles. The van der Waals surface area contributed by atoms with Crippen molar-refractivity contribution in [2.45, 2.75) is 148 Å². The van der Waals surface area contributed by atoms with Crippen LogP contribution in [0.25, 0.3) is 0 Å². The van der Waals surface area contributed by atoms with Gasteiger partial charge in [0.1, 0.15) is 0 Å². The van der Waals surface area contributed by atoms with E-state index in [4.69, 9.17) is 5.11 Å². The van der Waals surface area contributed by atoms with Crippen molar-refractivity contribution in [2.24, 2.45) is 5.92 Å². The highest BCUT2D eigenvalue weighted by Gasteiger charge is 2.16. The molecule has 0 aromatic rings. The summed E-state index contributed by atoms with van der Waals surface area (Å²) >= 11 is 0.